The number of phenols is 1. The first-order valence-electron chi connectivity index (χ1n) is 3.35. The Balaban J connectivity index is 3.42. The van der Waals surface area contributed by atoms with Crippen LogP contribution in [-0.4, -0.2) is 10.2 Å². The quantitative estimate of drug-likeness (QED) is 0.711. The molecule has 1 aromatic carbocycles. The molecular weight excluding hydrogens is 183 g/mol. The van der Waals surface area contributed by atoms with E-state index < -0.39 is 18.2 Å². The van der Waals surface area contributed by atoms with Gasteiger partial charge in [0, 0.05) is 10.6 Å². The van der Waals surface area contributed by atoms with E-state index in [9.17, 15) is 4.39 Å². The molecule has 66 valence electrons. The van der Waals surface area contributed by atoms with Crippen molar-refractivity contribution in [2.24, 2.45) is 0 Å². The molecule has 0 bridgehead atoms. The minimum absolute atomic E-state index is 0.139. The summed E-state index contributed by atoms with van der Waals surface area (Å²) in [7, 11) is 0. The first-order valence-corrected chi connectivity index (χ1v) is 3.73. The van der Waals surface area contributed by atoms with Gasteiger partial charge in [0.1, 0.15) is 0 Å². The smallest absolute Gasteiger partial charge is 0.166 e. The van der Waals surface area contributed by atoms with Crippen molar-refractivity contribution < 1.29 is 14.6 Å². The number of halogens is 2. The zero-order valence-corrected chi connectivity index (χ0v) is 7.19. The molecule has 0 unspecified atom stereocenters. The molecule has 0 atom stereocenters. The Labute approximate surface area is 74.2 Å². The van der Waals surface area contributed by atoms with E-state index in [1.165, 1.54) is 0 Å². The average Bonchev–Trinajstić information content (AvgIpc) is 2.02. The van der Waals surface area contributed by atoms with Crippen LogP contribution in [0.3, 0.4) is 0 Å². The SMILES string of the molecule is Cc1c(Cl)cc(F)c(O)c1CO. The van der Waals surface area contributed by atoms with Gasteiger partial charge in [-0.25, -0.2) is 4.39 Å². The summed E-state index contributed by atoms with van der Waals surface area (Å²) in [6.07, 6.45) is 0. The van der Waals surface area contributed by atoms with Crippen molar-refractivity contribution >= 4 is 11.6 Å². The zero-order chi connectivity index (χ0) is 9.30. The van der Waals surface area contributed by atoms with Gasteiger partial charge in [-0.1, -0.05) is 11.6 Å². The van der Waals surface area contributed by atoms with Crippen LogP contribution in [0.25, 0.3) is 0 Å². The Hall–Kier alpha value is -0.800. The summed E-state index contributed by atoms with van der Waals surface area (Å²) in [5.41, 5.74) is 0.637. The molecule has 0 amide bonds. The fourth-order valence-corrected chi connectivity index (χ4v) is 1.16. The van der Waals surface area contributed by atoms with Gasteiger partial charge in [-0.2, -0.15) is 0 Å². The highest BCUT2D eigenvalue weighted by atomic mass is 35.5. The van der Waals surface area contributed by atoms with Crippen LogP contribution in [0.5, 0.6) is 5.75 Å². The van der Waals surface area contributed by atoms with E-state index >= 15 is 0 Å². The van der Waals surface area contributed by atoms with Gasteiger partial charge >= 0.3 is 0 Å². The van der Waals surface area contributed by atoms with E-state index in [1.807, 2.05) is 0 Å². The van der Waals surface area contributed by atoms with Gasteiger partial charge < -0.3 is 10.2 Å². The fourth-order valence-electron chi connectivity index (χ4n) is 0.947. The Morgan fingerprint density at radius 1 is 1.58 bits per heavy atom. The molecule has 0 spiro atoms. The molecule has 0 aliphatic carbocycles. The van der Waals surface area contributed by atoms with Crippen LogP contribution >= 0.6 is 11.6 Å². The van der Waals surface area contributed by atoms with Crippen LogP contribution in [0, 0.1) is 12.7 Å². The summed E-state index contributed by atoms with van der Waals surface area (Å²) >= 11 is 5.61. The lowest BCUT2D eigenvalue weighted by atomic mass is 10.1. The molecule has 0 saturated heterocycles. The van der Waals surface area contributed by atoms with Crippen LogP contribution in [0.2, 0.25) is 5.02 Å². The van der Waals surface area contributed by atoms with Crippen molar-refractivity contribution in [1.82, 2.24) is 0 Å². The first-order chi connectivity index (χ1) is 5.57. The molecule has 1 aromatic rings. The number of aromatic hydroxyl groups is 1. The van der Waals surface area contributed by atoms with Crippen LogP contribution in [0.1, 0.15) is 11.1 Å². The maximum absolute atomic E-state index is 12.8. The maximum atomic E-state index is 12.8. The first kappa shape index (κ1) is 9.29. The van der Waals surface area contributed by atoms with Crippen LogP contribution < -0.4 is 0 Å². The number of hydrogen-bond acceptors (Lipinski definition) is 2. The van der Waals surface area contributed by atoms with Crippen molar-refractivity contribution in [2.75, 3.05) is 0 Å². The highest BCUT2D eigenvalue weighted by Crippen LogP contribution is 2.30. The summed E-state index contributed by atoms with van der Waals surface area (Å²) in [6.45, 7) is 1.18. The number of aliphatic hydroxyl groups is 1. The van der Waals surface area contributed by atoms with Gasteiger partial charge in [0.05, 0.1) is 6.61 Å². The molecule has 0 heterocycles. The standard InChI is InChI=1S/C8H8ClFO2/c1-4-5(3-11)8(12)7(10)2-6(4)9/h2,11-12H,3H2,1H3. The van der Waals surface area contributed by atoms with Crippen LogP contribution in [0.4, 0.5) is 4.39 Å². The molecule has 4 heteroatoms. The molecule has 0 saturated carbocycles. The minimum atomic E-state index is -0.811. The number of aliphatic hydroxyl groups excluding tert-OH is 1. The van der Waals surface area contributed by atoms with Crippen LogP contribution in [0.15, 0.2) is 6.07 Å². The predicted octanol–water partition coefficient (Wildman–Crippen LogP) is 1.99. The molecular formula is C8H8ClFO2. The largest absolute Gasteiger partial charge is 0.505 e. The Kier molecular flexibility index (Phi) is 2.55. The van der Waals surface area contributed by atoms with Crippen molar-refractivity contribution in [3.8, 4) is 5.75 Å². The molecule has 0 radical (unpaired) electrons. The fraction of sp³-hybridized carbons (Fsp3) is 0.250. The van der Waals surface area contributed by atoms with Gasteiger partial charge in [-0.15, -0.1) is 0 Å². The van der Waals surface area contributed by atoms with E-state index in [1.54, 1.807) is 6.92 Å². The van der Waals surface area contributed by atoms with Crippen molar-refractivity contribution in [3.63, 3.8) is 0 Å². The molecule has 0 aliphatic heterocycles. The monoisotopic (exact) mass is 190 g/mol. The summed E-state index contributed by atoms with van der Waals surface area (Å²) in [5, 5.41) is 18.1. The molecule has 0 fully saturated rings. The second kappa shape index (κ2) is 3.29. The van der Waals surface area contributed by atoms with E-state index in [0.717, 1.165) is 6.07 Å². The Morgan fingerprint density at radius 2 is 2.17 bits per heavy atom. The highest BCUT2D eigenvalue weighted by Gasteiger charge is 2.12. The third kappa shape index (κ3) is 1.38. The number of benzene rings is 1. The summed E-state index contributed by atoms with van der Waals surface area (Å²) in [5.74, 6) is -1.34. The molecule has 2 N–H and O–H groups in total. The zero-order valence-electron chi connectivity index (χ0n) is 6.43. The second-order valence-corrected chi connectivity index (χ2v) is 2.86. The van der Waals surface area contributed by atoms with Gasteiger partial charge in [0.15, 0.2) is 11.6 Å². The molecule has 0 aliphatic rings. The summed E-state index contributed by atoms with van der Waals surface area (Å²) in [6, 6.07) is 1.02. The van der Waals surface area contributed by atoms with Crippen molar-refractivity contribution in [2.45, 2.75) is 13.5 Å². The molecule has 0 aromatic heterocycles. The maximum Gasteiger partial charge on any atom is 0.166 e. The summed E-state index contributed by atoms with van der Waals surface area (Å²) in [4.78, 5) is 0. The Morgan fingerprint density at radius 3 is 2.67 bits per heavy atom. The summed E-state index contributed by atoms with van der Waals surface area (Å²) < 4.78 is 12.8. The number of rotatable bonds is 1. The second-order valence-electron chi connectivity index (χ2n) is 2.45. The van der Waals surface area contributed by atoms with E-state index in [-0.39, 0.29) is 10.6 Å². The van der Waals surface area contributed by atoms with E-state index in [2.05, 4.69) is 0 Å². The lowest BCUT2D eigenvalue weighted by Crippen LogP contribution is -1.93. The van der Waals surface area contributed by atoms with Gasteiger partial charge in [0.2, 0.25) is 0 Å². The normalized spacial score (nSPS) is 10.3. The molecule has 1 rings (SSSR count). The Bertz CT molecular complexity index is 286. The molecule has 2 nitrogen and oxygen atoms in total. The average molecular weight is 191 g/mol. The topological polar surface area (TPSA) is 40.5 Å². The van der Waals surface area contributed by atoms with Gasteiger partial charge in [-0.3, -0.25) is 0 Å². The third-order valence-corrected chi connectivity index (χ3v) is 2.13. The predicted molar refractivity (Wildman–Crippen MR) is 43.7 cm³/mol. The lowest BCUT2D eigenvalue weighted by molar-refractivity contribution is 0.272. The van der Waals surface area contributed by atoms with Gasteiger partial charge in [0.25, 0.3) is 0 Å². The van der Waals surface area contributed by atoms with Crippen molar-refractivity contribution in [1.29, 1.82) is 0 Å². The number of hydrogen-bond donors (Lipinski definition) is 2. The third-order valence-electron chi connectivity index (χ3n) is 1.73. The molecule has 12 heavy (non-hydrogen) atoms. The van der Waals surface area contributed by atoms with E-state index in [4.69, 9.17) is 21.8 Å². The van der Waals surface area contributed by atoms with E-state index in [0.29, 0.717) is 5.56 Å². The van der Waals surface area contributed by atoms with Gasteiger partial charge in [-0.05, 0) is 18.6 Å². The highest BCUT2D eigenvalue weighted by molar-refractivity contribution is 6.31. The minimum Gasteiger partial charge on any atom is -0.505 e. The van der Waals surface area contributed by atoms with Crippen LogP contribution in [-0.2, 0) is 6.61 Å². The lowest BCUT2D eigenvalue weighted by Gasteiger charge is -2.07. The van der Waals surface area contributed by atoms with Crippen molar-refractivity contribution in [3.05, 3.63) is 28.0 Å².